The molecule has 19 heavy (non-hydrogen) atoms. The van der Waals surface area contributed by atoms with Gasteiger partial charge >= 0.3 is 0 Å². The van der Waals surface area contributed by atoms with Gasteiger partial charge in [0.05, 0.1) is 5.69 Å². The Labute approximate surface area is 115 Å². The number of piperazine rings is 1. The molecule has 2 rings (SSSR count). The van der Waals surface area contributed by atoms with E-state index in [-0.39, 0.29) is 0 Å². The monoisotopic (exact) mass is 263 g/mol. The maximum atomic E-state index is 5.68. The standard InChI is InChI=1S/C14H25N5/c1-4-12(3)18-5-7-19(8-6-18)14-16-11(2)9-13(10-15)17-14/h9,12H,4-8,10,15H2,1-3H3. The maximum absolute atomic E-state index is 5.68. The van der Waals surface area contributed by atoms with Gasteiger partial charge in [0.15, 0.2) is 0 Å². The molecule has 1 aliphatic heterocycles. The van der Waals surface area contributed by atoms with Gasteiger partial charge in [0.25, 0.3) is 0 Å². The number of nitrogens with two attached hydrogens (primary N) is 1. The first-order valence-corrected chi connectivity index (χ1v) is 7.17. The number of rotatable bonds is 4. The van der Waals surface area contributed by atoms with Gasteiger partial charge in [-0.25, -0.2) is 9.97 Å². The second-order valence-electron chi connectivity index (χ2n) is 5.29. The van der Waals surface area contributed by atoms with E-state index in [4.69, 9.17) is 5.73 Å². The molecule has 5 heteroatoms. The molecule has 0 aromatic carbocycles. The molecule has 1 aliphatic rings. The van der Waals surface area contributed by atoms with E-state index >= 15 is 0 Å². The van der Waals surface area contributed by atoms with Crippen molar-refractivity contribution in [1.82, 2.24) is 14.9 Å². The summed E-state index contributed by atoms with van der Waals surface area (Å²) < 4.78 is 0. The van der Waals surface area contributed by atoms with Gasteiger partial charge in [0, 0.05) is 44.5 Å². The summed E-state index contributed by atoms with van der Waals surface area (Å²) in [6.45, 7) is 11.2. The van der Waals surface area contributed by atoms with E-state index in [1.54, 1.807) is 0 Å². The first kappa shape index (κ1) is 14.2. The molecule has 2 heterocycles. The van der Waals surface area contributed by atoms with E-state index in [1.165, 1.54) is 6.42 Å². The van der Waals surface area contributed by atoms with Crippen LogP contribution < -0.4 is 10.6 Å². The SMILES string of the molecule is CCC(C)N1CCN(c2nc(C)cc(CN)n2)CC1. The van der Waals surface area contributed by atoms with Crippen molar-refractivity contribution in [2.75, 3.05) is 31.1 Å². The minimum absolute atomic E-state index is 0.475. The zero-order valence-corrected chi connectivity index (χ0v) is 12.3. The predicted octanol–water partition coefficient (Wildman–Crippen LogP) is 1.16. The van der Waals surface area contributed by atoms with Gasteiger partial charge < -0.3 is 10.6 Å². The van der Waals surface area contributed by atoms with E-state index in [9.17, 15) is 0 Å². The highest BCUT2D eigenvalue weighted by Gasteiger charge is 2.21. The Morgan fingerprint density at radius 2 is 1.95 bits per heavy atom. The molecule has 2 N–H and O–H groups in total. The average molecular weight is 263 g/mol. The van der Waals surface area contributed by atoms with E-state index in [0.717, 1.165) is 43.5 Å². The molecular formula is C14H25N5. The first-order valence-electron chi connectivity index (χ1n) is 7.17. The van der Waals surface area contributed by atoms with Gasteiger partial charge in [-0.05, 0) is 26.3 Å². The van der Waals surface area contributed by atoms with Crippen molar-refractivity contribution in [2.45, 2.75) is 39.8 Å². The van der Waals surface area contributed by atoms with E-state index in [0.29, 0.717) is 12.6 Å². The molecule has 0 aliphatic carbocycles. The lowest BCUT2D eigenvalue weighted by Gasteiger charge is -2.37. The summed E-state index contributed by atoms with van der Waals surface area (Å²) in [5.41, 5.74) is 7.60. The summed E-state index contributed by atoms with van der Waals surface area (Å²) in [7, 11) is 0. The minimum Gasteiger partial charge on any atom is -0.338 e. The third kappa shape index (κ3) is 3.42. The van der Waals surface area contributed by atoms with Crippen LogP contribution in [0.4, 0.5) is 5.95 Å². The van der Waals surface area contributed by atoms with Crippen molar-refractivity contribution < 1.29 is 0 Å². The number of aromatic nitrogens is 2. The maximum Gasteiger partial charge on any atom is 0.225 e. The molecule has 1 unspecified atom stereocenters. The zero-order chi connectivity index (χ0) is 13.8. The van der Waals surface area contributed by atoms with Crippen LogP contribution in [0.15, 0.2) is 6.07 Å². The van der Waals surface area contributed by atoms with Crippen LogP contribution in [-0.2, 0) is 6.54 Å². The second kappa shape index (κ2) is 6.30. The van der Waals surface area contributed by atoms with Crippen LogP contribution in [0.25, 0.3) is 0 Å². The van der Waals surface area contributed by atoms with Crippen LogP contribution in [0.5, 0.6) is 0 Å². The van der Waals surface area contributed by atoms with Gasteiger partial charge in [-0.3, -0.25) is 4.90 Å². The molecule has 0 bridgehead atoms. The van der Waals surface area contributed by atoms with Crippen LogP contribution >= 0.6 is 0 Å². The highest BCUT2D eigenvalue weighted by Crippen LogP contribution is 2.15. The molecular weight excluding hydrogens is 238 g/mol. The molecule has 1 fully saturated rings. The Bertz CT molecular complexity index is 412. The van der Waals surface area contributed by atoms with Gasteiger partial charge in [-0.1, -0.05) is 6.92 Å². The van der Waals surface area contributed by atoms with Crippen LogP contribution in [0.3, 0.4) is 0 Å². The summed E-state index contributed by atoms with van der Waals surface area (Å²) in [5, 5.41) is 0. The fourth-order valence-corrected chi connectivity index (χ4v) is 2.48. The Kier molecular flexibility index (Phi) is 4.71. The van der Waals surface area contributed by atoms with Crippen LogP contribution in [0.2, 0.25) is 0 Å². The van der Waals surface area contributed by atoms with Gasteiger partial charge in [-0.15, -0.1) is 0 Å². The highest BCUT2D eigenvalue weighted by atomic mass is 15.3. The van der Waals surface area contributed by atoms with Crippen molar-refractivity contribution in [2.24, 2.45) is 5.73 Å². The van der Waals surface area contributed by atoms with Crippen molar-refractivity contribution in [3.05, 3.63) is 17.5 Å². The summed E-state index contributed by atoms with van der Waals surface area (Å²) in [5.74, 6) is 0.837. The van der Waals surface area contributed by atoms with E-state index in [2.05, 4.69) is 33.6 Å². The Hall–Kier alpha value is -1.20. The van der Waals surface area contributed by atoms with Crippen molar-refractivity contribution in [3.8, 4) is 0 Å². The summed E-state index contributed by atoms with van der Waals surface area (Å²) in [6.07, 6.45) is 1.21. The summed E-state index contributed by atoms with van der Waals surface area (Å²) in [4.78, 5) is 13.9. The minimum atomic E-state index is 0.475. The molecule has 1 aromatic heterocycles. The number of aryl methyl sites for hydroxylation is 1. The Morgan fingerprint density at radius 1 is 1.26 bits per heavy atom. The lowest BCUT2D eigenvalue weighted by Crippen LogP contribution is -2.50. The third-order valence-electron chi connectivity index (χ3n) is 3.92. The molecule has 0 radical (unpaired) electrons. The summed E-state index contributed by atoms with van der Waals surface area (Å²) in [6, 6.07) is 2.62. The summed E-state index contributed by atoms with van der Waals surface area (Å²) >= 11 is 0. The third-order valence-corrected chi connectivity index (χ3v) is 3.92. The molecule has 0 saturated carbocycles. The Morgan fingerprint density at radius 3 is 2.53 bits per heavy atom. The van der Waals surface area contributed by atoms with Crippen LogP contribution in [0.1, 0.15) is 31.7 Å². The normalized spacial score (nSPS) is 18.6. The molecule has 0 amide bonds. The molecule has 1 atom stereocenters. The molecule has 1 saturated heterocycles. The van der Waals surface area contributed by atoms with Crippen LogP contribution in [-0.4, -0.2) is 47.1 Å². The molecule has 5 nitrogen and oxygen atoms in total. The largest absolute Gasteiger partial charge is 0.338 e. The average Bonchev–Trinajstić information content (AvgIpc) is 2.46. The Balaban J connectivity index is 2.03. The second-order valence-corrected chi connectivity index (χ2v) is 5.29. The number of hydrogen-bond acceptors (Lipinski definition) is 5. The number of hydrogen-bond donors (Lipinski definition) is 1. The quantitative estimate of drug-likeness (QED) is 0.883. The lowest BCUT2D eigenvalue weighted by atomic mass is 10.2. The zero-order valence-electron chi connectivity index (χ0n) is 12.3. The van der Waals surface area contributed by atoms with Crippen molar-refractivity contribution in [3.63, 3.8) is 0 Å². The van der Waals surface area contributed by atoms with Crippen molar-refractivity contribution >= 4 is 5.95 Å². The van der Waals surface area contributed by atoms with E-state index < -0.39 is 0 Å². The number of nitrogens with zero attached hydrogens (tertiary/aromatic N) is 4. The van der Waals surface area contributed by atoms with Gasteiger partial charge in [0.2, 0.25) is 5.95 Å². The fraction of sp³-hybridized carbons (Fsp3) is 0.714. The number of anilines is 1. The molecule has 106 valence electrons. The predicted molar refractivity (Wildman–Crippen MR) is 78.2 cm³/mol. The van der Waals surface area contributed by atoms with Crippen LogP contribution in [0, 0.1) is 6.92 Å². The fourth-order valence-electron chi connectivity index (χ4n) is 2.48. The first-order chi connectivity index (χ1) is 9.13. The molecule has 0 spiro atoms. The topological polar surface area (TPSA) is 58.3 Å². The van der Waals surface area contributed by atoms with Gasteiger partial charge in [0.1, 0.15) is 0 Å². The van der Waals surface area contributed by atoms with Gasteiger partial charge in [-0.2, -0.15) is 0 Å². The van der Waals surface area contributed by atoms with Crippen molar-refractivity contribution in [1.29, 1.82) is 0 Å². The lowest BCUT2D eigenvalue weighted by molar-refractivity contribution is 0.192. The smallest absolute Gasteiger partial charge is 0.225 e. The molecule has 1 aromatic rings. The van der Waals surface area contributed by atoms with E-state index in [1.807, 2.05) is 13.0 Å². The highest BCUT2D eigenvalue weighted by molar-refractivity contribution is 5.33.